The molecule has 1 aromatic carbocycles. The number of likely N-dealkylation sites (tertiary alicyclic amines) is 1. The largest absolute Gasteiger partial charge is 0.492 e. The number of rotatable bonds is 6. The summed E-state index contributed by atoms with van der Waals surface area (Å²) in [6.07, 6.45) is 0.338. The molecule has 0 bridgehead atoms. The quantitative estimate of drug-likeness (QED) is 0.624. The maximum atomic E-state index is 13.2. The van der Waals surface area contributed by atoms with Crippen molar-refractivity contribution in [3.8, 4) is 16.2 Å². The van der Waals surface area contributed by atoms with Crippen molar-refractivity contribution in [2.45, 2.75) is 19.8 Å². The van der Waals surface area contributed by atoms with E-state index in [1.165, 1.54) is 11.3 Å². The van der Waals surface area contributed by atoms with Gasteiger partial charge in [-0.15, -0.1) is 11.3 Å². The fourth-order valence-corrected chi connectivity index (χ4v) is 4.94. The van der Waals surface area contributed by atoms with Crippen LogP contribution in [-0.4, -0.2) is 77.7 Å². The van der Waals surface area contributed by atoms with Crippen LogP contribution in [0.2, 0.25) is 0 Å². The van der Waals surface area contributed by atoms with Crippen molar-refractivity contribution >= 4 is 35.0 Å². The highest BCUT2D eigenvalue weighted by molar-refractivity contribution is 7.17. The Morgan fingerprint density at radius 1 is 0.969 bits per heavy atom. The third kappa shape index (κ3) is 4.52. The Bertz CT molecular complexity index is 1010. The standard InChI is InChI=1S/C23H25N3O5S/c1-2-31-17-14-18(16-6-4-3-5-7-16)32-22(17)23(30)25-12-10-24(11-13-25)21(29)15-26-19(27)8-9-20(26)28/h3-7,14H,2,8-13,15H2,1H3. The number of imide groups is 1. The first-order chi connectivity index (χ1) is 15.5. The number of carbonyl (C=O) groups excluding carboxylic acids is 4. The van der Waals surface area contributed by atoms with E-state index in [9.17, 15) is 19.2 Å². The van der Waals surface area contributed by atoms with Gasteiger partial charge in [-0.2, -0.15) is 0 Å². The molecule has 0 N–H and O–H groups in total. The lowest BCUT2D eigenvalue weighted by atomic mass is 10.2. The number of piperazine rings is 1. The van der Waals surface area contributed by atoms with Crippen LogP contribution >= 0.6 is 11.3 Å². The highest BCUT2D eigenvalue weighted by Crippen LogP contribution is 2.37. The lowest BCUT2D eigenvalue weighted by molar-refractivity contribution is -0.146. The predicted octanol–water partition coefficient (Wildman–Crippen LogP) is 2.25. The third-order valence-corrected chi connectivity index (χ3v) is 6.77. The number of amides is 4. The number of nitrogens with zero attached hydrogens (tertiary/aromatic N) is 3. The van der Waals surface area contributed by atoms with Gasteiger partial charge in [0, 0.05) is 43.9 Å². The lowest BCUT2D eigenvalue weighted by Crippen LogP contribution is -2.53. The van der Waals surface area contributed by atoms with Crippen LogP contribution in [0.5, 0.6) is 5.75 Å². The molecule has 8 nitrogen and oxygen atoms in total. The summed E-state index contributed by atoms with van der Waals surface area (Å²) < 4.78 is 5.73. The van der Waals surface area contributed by atoms with Crippen molar-refractivity contribution in [3.05, 3.63) is 41.3 Å². The third-order valence-electron chi connectivity index (χ3n) is 5.62. The number of carbonyl (C=O) groups is 4. The fraction of sp³-hybridized carbons (Fsp3) is 0.391. The van der Waals surface area contributed by atoms with E-state index in [-0.39, 0.29) is 43.0 Å². The van der Waals surface area contributed by atoms with Crippen LogP contribution in [-0.2, 0) is 14.4 Å². The van der Waals surface area contributed by atoms with Crippen LogP contribution < -0.4 is 4.74 Å². The normalized spacial score (nSPS) is 16.6. The number of hydrogen-bond donors (Lipinski definition) is 0. The average Bonchev–Trinajstić information content (AvgIpc) is 3.38. The van der Waals surface area contributed by atoms with Gasteiger partial charge in [-0.05, 0) is 18.6 Å². The minimum Gasteiger partial charge on any atom is -0.492 e. The molecule has 0 unspecified atom stereocenters. The van der Waals surface area contributed by atoms with Crippen LogP contribution in [0.1, 0.15) is 29.4 Å². The second kappa shape index (κ2) is 9.52. The summed E-state index contributed by atoms with van der Waals surface area (Å²) in [5, 5.41) is 0. The van der Waals surface area contributed by atoms with E-state index in [0.29, 0.717) is 43.4 Å². The van der Waals surface area contributed by atoms with Crippen molar-refractivity contribution in [1.29, 1.82) is 0 Å². The zero-order valence-corrected chi connectivity index (χ0v) is 18.7. The molecule has 9 heteroatoms. The number of ether oxygens (including phenoxy) is 1. The smallest absolute Gasteiger partial charge is 0.267 e. The number of benzene rings is 1. The minimum absolute atomic E-state index is 0.113. The van der Waals surface area contributed by atoms with Crippen molar-refractivity contribution in [1.82, 2.24) is 14.7 Å². The van der Waals surface area contributed by atoms with Crippen LogP contribution in [0.4, 0.5) is 0 Å². The molecule has 2 fully saturated rings. The predicted molar refractivity (Wildman–Crippen MR) is 119 cm³/mol. The molecule has 0 aliphatic carbocycles. The summed E-state index contributed by atoms with van der Waals surface area (Å²) in [6.45, 7) is 3.62. The summed E-state index contributed by atoms with van der Waals surface area (Å²) in [5.41, 5.74) is 1.03. The number of hydrogen-bond acceptors (Lipinski definition) is 6. The molecule has 2 saturated heterocycles. The first kappa shape index (κ1) is 22.0. The zero-order valence-electron chi connectivity index (χ0n) is 17.9. The molecule has 0 radical (unpaired) electrons. The summed E-state index contributed by atoms with van der Waals surface area (Å²) in [5.74, 6) is -0.401. The second-order valence-electron chi connectivity index (χ2n) is 7.65. The van der Waals surface area contributed by atoms with Crippen molar-refractivity contribution in [2.24, 2.45) is 0 Å². The fourth-order valence-electron chi connectivity index (χ4n) is 3.87. The maximum absolute atomic E-state index is 13.2. The molecule has 2 aromatic rings. The van der Waals surface area contributed by atoms with Gasteiger partial charge >= 0.3 is 0 Å². The van der Waals surface area contributed by atoms with Crippen LogP contribution in [0.15, 0.2) is 36.4 Å². The van der Waals surface area contributed by atoms with Gasteiger partial charge in [-0.25, -0.2) is 0 Å². The Balaban J connectivity index is 1.41. The van der Waals surface area contributed by atoms with E-state index in [1.807, 2.05) is 43.3 Å². The molecule has 32 heavy (non-hydrogen) atoms. The summed E-state index contributed by atoms with van der Waals surface area (Å²) in [6, 6.07) is 11.8. The van der Waals surface area contributed by atoms with E-state index >= 15 is 0 Å². The molecule has 4 rings (SSSR count). The zero-order chi connectivity index (χ0) is 22.7. The Morgan fingerprint density at radius 2 is 1.59 bits per heavy atom. The van der Waals surface area contributed by atoms with Crippen molar-refractivity contribution < 1.29 is 23.9 Å². The van der Waals surface area contributed by atoms with Crippen LogP contribution in [0.25, 0.3) is 10.4 Å². The first-order valence-corrected chi connectivity index (χ1v) is 11.5. The minimum atomic E-state index is -0.299. The van der Waals surface area contributed by atoms with Gasteiger partial charge in [0.2, 0.25) is 17.7 Å². The monoisotopic (exact) mass is 455 g/mol. The summed E-state index contributed by atoms with van der Waals surface area (Å²) in [7, 11) is 0. The molecule has 2 aliphatic rings. The Labute approximate surface area is 190 Å². The van der Waals surface area contributed by atoms with E-state index < -0.39 is 0 Å². The molecule has 2 aliphatic heterocycles. The average molecular weight is 456 g/mol. The molecule has 0 saturated carbocycles. The van der Waals surface area contributed by atoms with Crippen LogP contribution in [0.3, 0.4) is 0 Å². The van der Waals surface area contributed by atoms with Gasteiger partial charge in [0.25, 0.3) is 5.91 Å². The molecule has 0 spiro atoms. The highest BCUT2D eigenvalue weighted by Gasteiger charge is 2.33. The van der Waals surface area contributed by atoms with E-state index in [2.05, 4.69) is 0 Å². The van der Waals surface area contributed by atoms with E-state index in [1.54, 1.807) is 9.80 Å². The molecular weight excluding hydrogens is 430 g/mol. The lowest BCUT2D eigenvalue weighted by Gasteiger charge is -2.35. The maximum Gasteiger partial charge on any atom is 0.267 e. The van der Waals surface area contributed by atoms with Crippen LogP contribution in [0, 0.1) is 0 Å². The van der Waals surface area contributed by atoms with Gasteiger partial charge in [0.05, 0.1) is 6.61 Å². The second-order valence-corrected chi connectivity index (χ2v) is 8.70. The molecule has 168 valence electrons. The molecule has 0 atom stereocenters. The molecule has 1 aromatic heterocycles. The molecule has 4 amide bonds. The summed E-state index contributed by atoms with van der Waals surface area (Å²) >= 11 is 1.40. The van der Waals surface area contributed by atoms with E-state index in [0.717, 1.165) is 15.3 Å². The Kier molecular flexibility index (Phi) is 6.55. The van der Waals surface area contributed by atoms with Gasteiger partial charge in [0.1, 0.15) is 17.2 Å². The summed E-state index contributed by atoms with van der Waals surface area (Å²) in [4.78, 5) is 55.2. The topological polar surface area (TPSA) is 87.2 Å². The SMILES string of the molecule is CCOc1cc(-c2ccccc2)sc1C(=O)N1CCN(C(=O)CN2C(=O)CCC2=O)CC1. The first-order valence-electron chi connectivity index (χ1n) is 10.7. The van der Waals surface area contributed by atoms with E-state index in [4.69, 9.17) is 4.74 Å². The molecule has 3 heterocycles. The highest BCUT2D eigenvalue weighted by atomic mass is 32.1. The van der Waals surface area contributed by atoms with Gasteiger partial charge in [-0.1, -0.05) is 30.3 Å². The van der Waals surface area contributed by atoms with Gasteiger partial charge in [0.15, 0.2) is 0 Å². The van der Waals surface area contributed by atoms with Gasteiger partial charge in [-0.3, -0.25) is 24.1 Å². The number of thiophene rings is 1. The van der Waals surface area contributed by atoms with Crippen molar-refractivity contribution in [2.75, 3.05) is 39.3 Å². The Hall–Kier alpha value is -3.20. The molecular formula is C23H25N3O5S. The Morgan fingerprint density at radius 3 is 2.22 bits per heavy atom. The van der Waals surface area contributed by atoms with Gasteiger partial charge < -0.3 is 14.5 Å². The van der Waals surface area contributed by atoms with Crippen molar-refractivity contribution in [3.63, 3.8) is 0 Å².